The minimum atomic E-state index is -0.298. The van der Waals surface area contributed by atoms with Crippen molar-refractivity contribution in [3.8, 4) is 44.5 Å². The lowest BCUT2D eigenvalue weighted by Crippen LogP contribution is -2.28. The minimum absolute atomic E-state index is 0.0516. The van der Waals surface area contributed by atoms with Crippen molar-refractivity contribution in [3.05, 3.63) is 221 Å². The standard InChI is InChI=1S/C59H49N/c1-57(2)49-28-11-8-24-45(49)47-27-17-26-43(56(47)57)39-19-16-22-41(37-39)60(42-33-34-46-44-23-9-13-30-51(44)59(53(46)38-42)35-14-5-15-36-59)54-32-18-31-52-55(54)48-25-10-12-29-50(48)58(52,3)40-20-6-4-7-21-40/h4,6-13,16-34,37-38H,5,14-15,35-36H2,1-3H3. The van der Waals surface area contributed by atoms with Crippen molar-refractivity contribution in [1.29, 1.82) is 0 Å². The Labute approximate surface area is 355 Å². The average Bonchev–Trinajstić information content (AvgIpc) is 3.83. The van der Waals surface area contributed by atoms with Crippen molar-refractivity contribution in [2.45, 2.75) is 69.1 Å². The van der Waals surface area contributed by atoms with E-state index in [9.17, 15) is 0 Å². The van der Waals surface area contributed by atoms with E-state index in [1.807, 2.05) is 0 Å². The molecule has 1 saturated carbocycles. The molecule has 12 rings (SSSR count). The second-order valence-corrected chi connectivity index (χ2v) is 18.4. The second-order valence-electron chi connectivity index (χ2n) is 18.4. The molecular weight excluding hydrogens is 723 g/mol. The van der Waals surface area contributed by atoms with Gasteiger partial charge in [0.15, 0.2) is 0 Å². The Hall–Kier alpha value is -6.44. The Morgan fingerprint density at radius 1 is 0.400 bits per heavy atom. The Morgan fingerprint density at radius 3 is 1.78 bits per heavy atom. The van der Waals surface area contributed by atoms with E-state index in [0.717, 1.165) is 0 Å². The van der Waals surface area contributed by atoms with Crippen LogP contribution in [0.4, 0.5) is 17.1 Å². The van der Waals surface area contributed by atoms with E-state index in [4.69, 9.17) is 0 Å². The Morgan fingerprint density at radius 2 is 0.983 bits per heavy atom. The molecule has 1 heteroatoms. The van der Waals surface area contributed by atoms with Crippen molar-refractivity contribution in [1.82, 2.24) is 0 Å². The van der Waals surface area contributed by atoms with Crippen molar-refractivity contribution < 1.29 is 0 Å². The number of benzene rings is 8. The van der Waals surface area contributed by atoms with Gasteiger partial charge in [0.1, 0.15) is 0 Å². The molecule has 0 saturated heterocycles. The predicted molar refractivity (Wildman–Crippen MR) is 251 cm³/mol. The molecule has 0 bridgehead atoms. The van der Waals surface area contributed by atoms with Gasteiger partial charge < -0.3 is 4.90 Å². The zero-order valence-electron chi connectivity index (χ0n) is 34.8. The third kappa shape index (κ3) is 4.81. The minimum Gasteiger partial charge on any atom is -0.310 e. The maximum atomic E-state index is 2.60. The van der Waals surface area contributed by atoms with Gasteiger partial charge >= 0.3 is 0 Å². The monoisotopic (exact) mass is 771 g/mol. The van der Waals surface area contributed by atoms with Gasteiger partial charge in [-0.2, -0.15) is 0 Å². The summed E-state index contributed by atoms with van der Waals surface area (Å²) in [4.78, 5) is 2.60. The summed E-state index contributed by atoms with van der Waals surface area (Å²) in [7, 11) is 0. The lowest BCUT2D eigenvalue weighted by molar-refractivity contribution is 0.353. The summed E-state index contributed by atoms with van der Waals surface area (Å²) in [6, 6.07) is 69.3. The van der Waals surface area contributed by atoms with Crippen LogP contribution in [0, 0.1) is 0 Å². The largest absolute Gasteiger partial charge is 0.310 e. The van der Waals surface area contributed by atoms with Crippen LogP contribution in [0.25, 0.3) is 44.5 Å². The number of rotatable bonds is 5. The SMILES string of the molecule is CC1(C)c2ccccc2-c2cccc(-c3cccc(N(c4ccc5c(c4)C4(CCCCC4)c4ccccc4-5)c4cccc5c4-c4ccccc4C5(C)c4ccccc4)c3)c21. The molecule has 1 nitrogen and oxygen atoms in total. The normalized spacial score (nSPS) is 18.2. The van der Waals surface area contributed by atoms with Crippen molar-refractivity contribution in [2.75, 3.05) is 4.90 Å². The molecule has 8 aromatic carbocycles. The molecule has 290 valence electrons. The molecule has 1 spiro atoms. The number of hydrogen-bond donors (Lipinski definition) is 0. The van der Waals surface area contributed by atoms with E-state index in [1.165, 1.54) is 133 Å². The molecule has 1 fully saturated rings. The third-order valence-corrected chi connectivity index (χ3v) is 15.1. The van der Waals surface area contributed by atoms with Gasteiger partial charge in [0.2, 0.25) is 0 Å². The molecule has 4 aliphatic carbocycles. The van der Waals surface area contributed by atoms with E-state index in [1.54, 1.807) is 0 Å². The van der Waals surface area contributed by atoms with Crippen molar-refractivity contribution >= 4 is 17.1 Å². The first-order valence-electron chi connectivity index (χ1n) is 22.1. The number of fused-ring (bicyclic) bond motifs is 11. The summed E-state index contributed by atoms with van der Waals surface area (Å²) >= 11 is 0. The molecule has 0 radical (unpaired) electrons. The smallest absolute Gasteiger partial charge is 0.0543 e. The maximum absolute atomic E-state index is 2.60. The molecule has 0 aliphatic heterocycles. The van der Waals surface area contributed by atoms with Crippen LogP contribution < -0.4 is 4.90 Å². The third-order valence-electron chi connectivity index (χ3n) is 15.1. The van der Waals surface area contributed by atoms with Crippen LogP contribution in [-0.4, -0.2) is 0 Å². The summed E-state index contributed by atoms with van der Waals surface area (Å²) < 4.78 is 0. The first-order chi connectivity index (χ1) is 29.4. The zero-order chi connectivity index (χ0) is 40.2. The summed E-state index contributed by atoms with van der Waals surface area (Å²) in [6.07, 6.45) is 6.27. The van der Waals surface area contributed by atoms with Crippen LogP contribution in [0.2, 0.25) is 0 Å². The Balaban J connectivity index is 1.11. The Bertz CT molecular complexity index is 3020. The van der Waals surface area contributed by atoms with Crippen LogP contribution in [-0.2, 0) is 16.2 Å². The first-order valence-corrected chi connectivity index (χ1v) is 22.1. The molecule has 4 aliphatic rings. The molecule has 0 heterocycles. The molecular formula is C59H49N. The van der Waals surface area contributed by atoms with Gasteiger partial charge in [-0.15, -0.1) is 0 Å². The predicted octanol–water partition coefficient (Wildman–Crippen LogP) is 15.7. The highest BCUT2D eigenvalue weighted by molar-refractivity contribution is 5.98. The number of nitrogens with zero attached hydrogens (tertiary/aromatic N) is 1. The highest BCUT2D eigenvalue weighted by Gasteiger charge is 2.45. The lowest BCUT2D eigenvalue weighted by atomic mass is 9.68. The van der Waals surface area contributed by atoms with Gasteiger partial charge in [-0.3, -0.25) is 0 Å². The van der Waals surface area contributed by atoms with Gasteiger partial charge in [-0.25, -0.2) is 0 Å². The summed E-state index contributed by atoms with van der Waals surface area (Å²) in [5.41, 5.74) is 23.8. The topological polar surface area (TPSA) is 3.24 Å². The fraction of sp³-hybridized carbons (Fsp3) is 0.186. The van der Waals surface area contributed by atoms with Crippen molar-refractivity contribution in [3.63, 3.8) is 0 Å². The quantitative estimate of drug-likeness (QED) is 0.168. The number of anilines is 3. The molecule has 1 atom stereocenters. The first kappa shape index (κ1) is 35.5. The van der Waals surface area contributed by atoms with E-state index in [-0.39, 0.29) is 16.2 Å². The lowest BCUT2D eigenvalue weighted by Gasteiger charge is -2.37. The average molecular weight is 772 g/mol. The van der Waals surface area contributed by atoms with E-state index >= 15 is 0 Å². The van der Waals surface area contributed by atoms with Crippen LogP contribution >= 0.6 is 0 Å². The molecule has 1 unspecified atom stereocenters. The van der Waals surface area contributed by atoms with Gasteiger partial charge in [0.25, 0.3) is 0 Å². The Kier molecular flexibility index (Phi) is 7.71. The van der Waals surface area contributed by atoms with E-state index in [2.05, 4.69) is 208 Å². The van der Waals surface area contributed by atoms with Gasteiger partial charge in [0.05, 0.1) is 5.69 Å². The fourth-order valence-corrected chi connectivity index (χ4v) is 12.4. The van der Waals surface area contributed by atoms with Crippen LogP contribution in [0.5, 0.6) is 0 Å². The summed E-state index contributed by atoms with van der Waals surface area (Å²) in [6.45, 7) is 7.22. The molecule has 8 aromatic rings. The molecule has 0 N–H and O–H groups in total. The van der Waals surface area contributed by atoms with Gasteiger partial charge in [0, 0.05) is 33.2 Å². The maximum Gasteiger partial charge on any atom is 0.0543 e. The van der Waals surface area contributed by atoms with Crippen molar-refractivity contribution in [2.24, 2.45) is 0 Å². The zero-order valence-corrected chi connectivity index (χ0v) is 34.8. The molecule has 0 amide bonds. The van der Waals surface area contributed by atoms with E-state index in [0.29, 0.717) is 0 Å². The second kappa shape index (κ2) is 13.0. The fourth-order valence-electron chi connectivity index (χ4n) is 12.4. The summed E-state index contributed by atoms with van der Waals surface area (Å²) in [5.74, 6) is 0. The molecule has 0 aromatic heterocycles. The van der Waals surface area contributed by atoms with Crippen LogP contribution in [0.3, 0.4) is 0 Å². The van der Waals surface area contributed by atoms with Crippen LogP contribution in [0.1, 0.15) is 91.8 Å². The van der Waals surface area contributed by atoms with Crippen LogP contribution in [0.15, 0.2) is 182 Å². The number of hydrogen-bond acceptors (Lipinski definition) is 1. The highest BCUT2D eigenvalue weighted by Crippen LogP contribution is 2.60. The highest BCUT2D eigenvalue weighted by atomic mass is 15.1. The van der Waals surface area contributed by atoms with E-state index < -0.39 is 0 Å². The summed E-state index contributed by atoms with van der Waals surface area (Å²) in [5, 5.41) is 0. The van der Waals surface area contributed by atoms with Gasteiger partial charge in [-0.1, -0.05) is 185 Å². The van der Waals surface area contributed by atoms with Gasteiger partial charge in [-0.05, 0) is 128 Å². The molecule has 60 heavy (non-hydrogen) atoms.